The monoisotopic (exact) mass is 346 g/mol. The fourth-order valence-electron chi connectivity index (χ4n) is 2.04. The third-order valence-corrected chi connectivity index (χ3v) is 4.09. The Morgan fingerprint density at radius 3 is 2.76 bits per heavy atom. The van der Waals surface area contributed by atoms with Crippen molar-refractivity contribution in [2.24, 2.45) is 5.41 Å². The predicted molar refractivity (Wildman–Crippen MR) is 80.2 cm³/mol. The summed E-state index contributed by atoms with van der Waals surface area (Å²) in [6.07, 6.45) is 2.23. The van der Waals surface area contributed by atoms with E-state index in [1.165, 1.54) is 3.57 Å². The van der Waals surface area contributed by atoms with Crippen molar-refractivity contribution in [2.45, 2.75) is 19.8 Å². The van der Waals surface area contributed by atoms with Crippen LogP contribution in [0.2, 0.25) is 0 Å². The van der Waals surface area contributed by atoms with Crippen LogP contribution < -0.4 is 11.1 Å². The number of benzene rings is 1. The standard InChI is InChI=1S/C13H19IN2O/c1-13(4-6-17-7-5-13)9-16-12-3-2-10(14)8-11(12)15/h2-3,8,16H,4-7,9,15H2,1H3. The van der Waals surface area contributed by atoms with Crippen molar-refractivity contribution < 1.29 is 4.74 Å². The van der Waals surface area contributed by atoms with Crippen molar-refractivity contribution in [3.05, 3.63) is 21.8 Å². The van der Waals surface area contributed by atoms with Crippen molar-refractivity contribution in [1.29, 1.82) is 0 Å². The molecule has 1 aromatic rings. The van der Waals surface area contributed by atoms with Gasteiger partial charge >= 0.3 is 0 Å². The summed E-state index contributed by atoms with van der Waals surface area (Å²) >= 11 is 2.27. The van der Waals surface area contributed by atoms with Crippen LogP contribution in [0.25, 0.3) is 0 Å². The Kier molecular flexibility index (Phi) is 4.14. The lowest BCUT2D eigenvalue weighted by atomic mass is 9.82. The smallest absolute Gasteiger partial charge is 0.0574 e. The van der Waals surface area contributed by atoms with Crippen LogP contribution in [0.4, 0.5) is 11.4 Å². The average Bonchev–Trinajstić information content (AvgIpc) is 2.29. The molecule has 0 spiro atoms. The summed E-state index contributed by atoms with van der Waals surface area (Å²) in [4.78, 5) is 0. The molecule has 94 valence electrons. The number of hydrogen-bond acceptors (Lipinski definition) is 3. The van der Waals surface area contributed by atoms with Gasteiger partial charge in [-0.1, -0.05) is 6.92 Å². The van der Waals surface area contributed by atoms with Crippen LogP contribution in [0.15, 0.2) is 18.2 Å². The molecule has 1 saturated heterocycles. The van der Waals surface area contributed by atoms with Gasteiger partial charge in [0.25, 0.3) is 0 Å². The van der Waals surface area contributed by atoms with E-state index in [-0.39, 0.29) is 0 Å². The van der Waals surface area contributed by atoms with E-state index >= 15 is 0 Å². The summed E-state index contributed by atoms with van der Waals surface area (Å²) in [7, 11) is 0. The molecule has 1 aromatic carbocycles. The van der Waals surface area contributed by atoms with Crippen LogP contribution >= 0.6 is 22.6 Å². The van der Waals surface area contributed by atoms with Gasteiger partial charge in [0, 0.05) is 23.3 Å². The molecular weight excluding hydrogens is 327 g/mol. The minimum atomic E-state index is 0.327. The van der Waals surface area contributed by atoms with Crippen molar-refractivity contribution >= 4 is 34.0 Å². The summed E-state index contributed by atoms with van der Waals surface area (Å²) < 4.78 is 6.57. The highest BCUT2D eigenvalue weighted by molar-refractivity contribution is 14.1. The number of anilines is 2. The molecule has 1 aliphatic heterocycles. The molecule has 1 aliphatic rings. The summed E-state index contributed by atoms with van der Waals surface area (Å²) in [5, 5.41) is 3.47. The number of nitrogen functional groups attached to an aromatic ring is 1. The lowest BCUT2D eigenvalue weighted by Gasteiger charge is -2.34. The second-order valence-electron chi connectivity index (χ2n) is 5.01. The van der Waals surface area contributed by atoms with Crippen molar-refractivity contribution in [3.63, 3.8) is 0 Å². The maximum absolute atomic E-state index is 5.99. The molecule has 0 amide bonds. The van der Waals surface area contributed by atoms with Gasteiger partial charge < -0.3 is 15.8 Å². The Hall–Kier alpha value is -0.490. The minimum Gasteiger partial charge on any atom is -0.397 e. The molecule has 17 heavy (non-hydrogen) atoms. The average molecular weight is 346 g/mol. The quantitative estimate of drug-likeness (QED) is 0.653. The first-order valence-electron chi connectivity index (χ1n) is 5.96. The van der Waals surface area contributed by atoms with Crippen molar-refractivity contribution in [2.75, 3.05) is 30.8 Å². The van der Waals surface area contributed by atoms with Gasteiger partial charge in [-0.05, 0) is 59.0 Å². The van der Waals surface area contributed by atoms with Crippen LogP contribution in [0.1, 0.15) is 19.8 Å². The van der Waals surface area contributed by atoms with E-state index in [4.69, 9.17) is 10.5 Å². The zero-order chi connectivity index (χ0) is 12.3. The number of ether oxygens (including phenoxy) is 1. The maximum atomic E-state index is 5.99. The Balaban J connectivity index is 1.97. The highest BCUT2D eigenvalue weighted by atomic mass is 127. The van der Waals surface area contributed by atoms with Gasteiger partial charge in [0.1, 0.15) is 0 Å². The summed E-state index contributed by atoms with van der Waals surface area (Å²) in [6, 6.07) is 6.13. The zero-order valence-electron chi connectivity index (χ0n) is 10.1. The largest absolute Gasteiger partial charge is 0.397 e. The van der Waals surface area contributed by atoms with Crippen molar-refractivity contribution in [3.8, 4) is 0 Å². The Bertz CT molecular complexity index is 389. The Morgan fingerprint density at radius 1 is 1.41 bits per heavy atom. The summed E-state index contributed by atoms with van der Waals surface area (Å²) in [5.41, 5.74) is 8.18. The first-order valence-corrected chi connectivity index (χ1v) is 7.04. The highest BCUT2D eigenvalue weighted by Gasteiger charge is 2.27. The van der Waals surface area contributed by atoms with Gasteiger partial charge in [0.05, 0.1) is 11.4 Å². The third-order valence-electron chi connectivity index (χ3n) is 3.42. The van der Waals surface area contributed by atoms with Crippen LogP contribution in [-0.4, -0.2) is 19.8 Å². The molecule has 1 fully saturated rings. The zero-order valence-corrected chi connectivity index (χ0v) is 12.3. The van der Waals surface area contributed by atoms with E-state index in [0.29, 0.717) is 5.41 Å². The maximum Gasteiger partial charge on any atom is 0.0574 e. The molecule has 0 bridgehead atoms. The lowest BCUT2D eigenvalue weighted by Crippen LogP contribution is -2.33. The van der Waals surface area contributed by atoms with Gasteiger partial charge in [-0.25, -0.2) is 0 Å². The predicted octanol–water partition coefficient (Wildman–Crippen LogP) is 3.10. The summed E-state index contributed by atoms with van der Waals surface area (Å²) in [6.45, 7) is 5.02. The first-order chi connectivity index (χ1) is 8.09. The van der Waals surface area contributed by atoms with E-state index in [1.54, 1.807) is 0 Å². The van der Waals surface area contributed by atoms with Gasteiger partial charge in [0.15, 0.2) is 0 Å². The lowest BCUT2D eigenvalue weighted by molar-refractivity contribution is 0.0300. The molecule has 4 heteroatoms. The topological polar surface area (TPSA) is 47.3 Å². The van der Waals surface area contributed by atoms with E-state index < -0.39 is 0 Å². The van der Waals surface area contributed by atoms with E-state index in [9.17, 15) is 0 Å². The molecule has 1 heterocycles. The molecule has 0 radical (unpaired) electrons. The van der Waals surface area contributed by atoms with E-state index in [2.05, 4.69) is 47.0 Å². The second-order valence-corrected chi connectivity index (χ2v) is 6.25. The minimum absolute atomic E-state index is 0.327. The first kappa shape index (κ1) is 13.0. The van der Waals surface area contributed by atoms with Crippen LogP contribution in [0, 0.1) is 8.99 Å². The molecule has 0 aromatic heterocycles. The highest BCUT2D eigenvalue weighted by Crippen LogP contribution is 2.31. The van der Waals surface area contributed by atoms with Gasteiger partial charge in [-0.2, -0.15) is 0 Å². The SMILES string of the molecule is CC1(CNc2ccc(I)cc2N)CCOCC1. The fraction of sp³-hybridized carbons (Fsp3) is 0.538. The molecule has 3 N–H and O–H groups in total. The molecule has 0 aliphatic carbocycles. The molecule has 0 unspecified atom stereocenters. The molecule has 0 saturated carbocycles. The molecule has 3 nitrogen and oxygen atoms in total. The van der Waals surface area contributed by atoms with Gasteiger partial charge in [-0.15, -0.1) is 0 Å². The van der Waals surface area contributed by atoms with Crippen LogP contribution in [0.5, 0.6) is 0 Å². The number of hydrogen-bond donors (Lipinski definition) is 2. The van der Waals surface area contributed by atoms with E-state index in [1.807, 2.05) is 6.07 Å². The van der Waals surface area contributed by atoms with Crippen LogP contribution in [0.3, 0.4) is 0 Å². The third kappa shape index (κ3) is 3.48. The van der Waals surface area contributed by atoms with Crippen molar-refractivity contribution in [1.82, 2.24) is 0 Å². The Labute approximate surface area is 116 Å². The fourth-order valence-corrected chi connectivity index (χ4v) is 2.56. The van der Waals surface area contributed by atoms with Gasteiger partial charge in [-0.3, -0.25) is 0 Å². The number of halogens is 1. The van der Waals surface area contributed by atoms with Gasteiger partial charge in [0.2, 0.25) is 0 Å². The second kappa shape index (κ2) is 5.44. The summed E-state index contributed by atoms with van der Waals surface area (Å²) in [5.74, 6) is 0. The number of nitrogens with two attached hydrogens (primary N) is 1. The Morgan fingerprint density at radius 2 is 2.12 bits per heavy atom. The van der Waals surface area contributed by atoms with E-state index in [0.717, 1.165) is 44.0 Å². The molecule has 2 rings (SSSR count). The molecule has 0 atom stereocenters. The normalized spacial score (nSPS) is 18.9. The number of nitrogens with one attached hydrogen (secondary N) is 1. The molecular formula is C13H19IN2O. The van der Waals surface area contributed by atoms with Crippen LogP contribution in [-0.2, 0) is 4.74 Å². The number of rotatable bonds is 3.